The molecule has 1 atom stereocenters. The van der Waals surface area contributed by atoms with Gasteiger partial charge in [-0.2, -0.15) is 0 Å². The largest absolute Gasteiger partial charge is 0.279 e. The molecule has 2 aromatic heterocycles. The maximum atomic E-state index is 13.7. The average molecular weight is 304 g/mol. The lowest BCUT2D eigenvalue weighted by atomic mass is 10.2. The topological polar surface area (TPSA) is 30.7 Å². The molecule has 1 unspecified atom stereocenters. The highest BCUT2D eigenvalue weighted by Crippen LogP contribution is 2.30. The summed E-state index contributed by atoms with van der Waals surface area (Å²) in [6.45, 7) is 5.75. The SMILES string of the molecule is Cc1ccc(F)cc1-n1c(C(C)Cl)nc2c(C)ccnc21. The Morgan fingerprint density at radius 2 is 1.95 bits per heavy atom. The standard InChI is InChI=1S/C16H15ClFN3/c1-9-4-5-12(18)8-13(9)21-15(11(3)17)20-14-10(2)6-7-19-16(14)21/h4-8,11H,1-3H3. The Kier molecular flexibility index (Phi) is 3.41. The Labute approximate surface area is 127 Å². The summed E-state index contributed by atoms with van der Waals surface area (Å²) in [6.07, 6.45) is 1.73. The van der Waals surface area contributed by atoms with E-state index in [0.717, 1.165) is 22.3 Å². The van der Waals surface area contributed by atoms with Crippen LogP contribution in [0.3, 0.4) is 0 Å². The molecule has 0 saturated carbocycles. The van der Waals surface area contributed by atoms with Gasteiger partial charge in [0.05, 0.1) is 11.1 Å². The van der Waals surface area contributed by atoms with Crippen LogP contribution in [0.2, 0.25) is 0 Å². The van der Waals surface area contributed by atoms with Crippen LogP contribution in [0, 0.1) is 19.7 Å². The number of halogens is 2. The predicted molar refractivity (Wildman–Crippen MR) is 82.6 cm³/mol. The molecule has 0 bridgehead atoms. The summed E-state index contributed by atoms with van der Waals surface area (Å²) in [5.41, 5.74) is 4.18. The molecule has 3 aromatic rings. The van der Waals surface area contributed by atoms with Gasteiger partial charge in [-0.25, -0.2) is 14.4 Å². The molecule has 0 amide bonds. The summed E-state index contributed by atoms with van der Waals surface area (Å²) in [7, 11) is 0. The number of nitrogens with zero attached hydrogens (tertiary/aromatic N) is 3. The van der Waals surface area contributed by atoms with Gasteiger partial charge in [0.25, 0.3) is 0 Å². The molecule has 0 spiro atoms. The third kappa shape index (κ3) is 2.29. The molecule has 5 heteroatoms. The van der Waals surface area contributed by atoms with Crippen molar-refractivity contribution in [3.63, 3.8) is 0 Å². The first-order chi connectivity index (χ1) is 9.99. The van der Waals surface area contributed by atoms with Gasteiger partial charge in [-0.15, -0.1) is 11.6 Å². The minimum Gasteiger partial charge on any atom is -0.279 e. The summed E-state index contributed by atoms with van der Waals surface area (Å²) in [5, 5.41) is -0.304. The lowest BCUT2D eigenvalue weighted by molar-refractivity contribution is 0.625. The van der Waals surface area contributed by atoms with E-state index in [1.54, 1.807) is 12.3 Å². The molecule has 21 heavy (non-hydrogen) atoms. The van der Waals surface area contributed by atoms with Crippen LogP contribution in [0.25, 0.3) is 16.9 Å². The number of aryl methyl sites for hydroxylation is 2. The van der Waals surface area contributed by atoms with E-state index in [1.807, 2.05) is 31.4 Å². The quantitative estimate of drug-likeness (QED) is 0.654. The first-order valence-corrected chi connectivity index (χ1v) is 7.17. The van der Waals surface area contributed by atoms with Crippen LogP contribution >= 0.6 is 11.6 Å². The number of aromatic nitrogens is 3. The van der Waals surface area contributed by atoms with Crippen molar-refractivity contribution in [3.05, 3.63) is 53.2 Å². The van der Waals surface area contributed by atoms with E-state index >= 15 is 0 Å². The van der Waals surface area contributed by atoms with Gasteiger partial charge in [-0.1, -0.05) is 6.07 Å². The Morgan fingerprint density at radius 1 is 1.19 bits per heavy atom. The van der Waals surface area contributed by atoms with Crippen LogP contribution in [-0.2, 0) is 0 Å². The van der Waals surface area contributed by atoms with Crippen LogP contribution in [0.4, 0.5) is 4.39 Å². The van der Waals surface area contributed by atoms with Gasteiger partial charge in [0.15, 0.2) is 5.65 Å². The molecule has 0 aliphatic heterocycles. The maximum Gasteiger partial charge on any atom is 0.164 e. The number of fused-ring (bicyclic) bond motifs is 1. The summed E-state index contributed by atoms with van der Waals surface area (Å²) >= 11 is 6.27. The maximum absolute atomic E-state index is 13.7. The number of hydrogen-bond acceptors (Lipinski definition) is 2. The van der Waals surface area contributed by atoms with E-state index in [0.29, 0.717) is 11.5 Å². The molecule has 0 aliphatic rings. The van der Waals surface area contributed by atoms with E-state index in [4.69, 9.17) is 11.6 Å². The zero-order valence-electron chi connectivity index (χ0n) is 12.1. The molecule has 1 aromatic carbocycles. The Balaban J connectivity index is 2.42. The van der Waals surface area contributed by atoms with Gasteiger partial charge in [0, 0.05) is 6.20 Å². The normalized spacial score (nSPS) is 12.8. The highest BCUT2D eigenvalue weighted by molar-refractivity contribution is 6.20. The summed E-state index contributed by atoms with van der Waals surface area (Å²) in [6, 6.07) is 6.58. The van der Waals surface area contributed by atoms with Crippen molar-refractivity contribution in [1.82, 2.24) is 14.5 Å². The Bertz CT molecular complexity index is 824. The van der Waals surface area contributed by atoms with Crippen molar-refractivity contribution >= 4 is 22.8 Å². The van der Waals surface area contributed by atoms with E-state index in [1.165, 1.54) is 12.1 Å². The van der Waals surface area contributed by atoms with Crippen molar-refractivity contribution in [2.24, 2.45) is 0 Å². The van der Waals surface area contributed by atoms with Crippen molar-refractivity contribution in [2.75, 3.05) is 0 Å². The second-order valence-electron chi connectivity index (χ2n) is 5.15. The predicted octanol–water partition coefficient (Wildman–Crippen LogP) is 4.48. The lowest BCUT2D eigenvalue weighted by Crippen LogP contribution is -2.05. The summed E-state index contributed by atoms with van der Waals surface area (Å²) in [5.74, 6) is 0.375. The number of imidazole rings is 1. The second kappa shape index (κ2) is 5.11. The van der Waals surface area contributed by atoms with Crippen LogP contribution in [-0.4, -0.2) is 14.5 Å². The minimum absolute atomic E-state index is 0.293. The lowest BCUT2D eigenvalue weighted by Gasteiger charge is -2.12. The van der Waals surface area contributed by atoms with Crippen LogP contribution < -0.4 is 0 Å². The van der Waals surface area contributed by atoms with Gasteiger partial charge in [0.1, 0.15) is 17.2 Å². The van der Waals surface area contributed by atoms with Crippen molar-refractivity contribution in [1.29, 1.82) is 0 Å². The van der Waals surface area contributed by atoms with E-state index in [-0.39, 0.29) is 11.2 Å². The first-order valence-electron chi connectivity index (χ1n) is 6.73. The van der Waals surface area contributed by atoms with Gasteiger partial charge < -0.3 is 0 Å². The van der Waals surface area contributed by atoms with E-state index in [9.17, 15) is 4.39 Å². The molecule has 0 aliphatic carbocycles. The smallest absolute Gasteiger partial charge is 0.164 e. The number of rotatable bonds is 2. The molecule has 3 nitrogen and oxygen atoms in total. The molecule has 0 saturated heterocycles. The van der Waals surface area contributed by atoms with Crippen LogP contribution in [0.5, 0.6) is 0 Å². The fraction of sp³-hybridized carbons (Fsp3) is 0.250. The fourth-order valence-corrected chi connectivity index (χ4v) is 2.59. The summed E-state index contributed by atoms with van der Waals surface area (Å²) in [4.78, 5) is 9.02. The van der Waals surface area contributed by atoms with Gasteiger partial charge in [-0.05, 0) is 50.1 Å². The number of alkyl halides is 1. The molecule has 0 fully saturated rings. The van der Waals surface area contributed by atoms with E-state index in [2.05, 4.69) is 9.97 Å². The molecule has 2 heterocycles. The fourth-order valence-electron chi connectivity index (χ4n) is 2.44. The number of pyridine rings is 1. The van der Waals surface area contributed by atoms with Crippen LogP contribution in [0.1, 0.15) is 29.3 Å². The zero-order valence-corrected chi connectivity index (χ0v) is 12.8. The zero-order chi connectivity index (χ0) is 15.1. The first kappa shape index (κ1) is 14.0. The second-order valence-corrected chi connectivity index (χ2v) is 5.81. The van der Waals surface area contributed by atoms with Gasteiger partial charge in [-0.3, -0.25) is 4.57 Å². The van der Waals surface area contributed by atoms with Gasteiger partial charge >= 0.3 is 0 Å². The molecule has 0 N–H and O–H groups in total. The van der Waals surface area contributed by atoms with Gasteiger partial charge in [0.2, 0.25) is 0 Å². The highest BCUT2D eigenvalue weighted by atomic mass is 35.5. The number of hydrogen-bond donors (Lipinski definition) is 0. The third-order valence-electron chi connectivity index (χ3n) is 3.54. The molecule has 0 radical (unpaired) electrons. The Morgan fingerprint density at radius 3 is 2.67 bits per heavy atom. The highest BCUT2D eigenvalue weighted by Gasteiger charge is 2.19. The minimum atomic E-state index is -0.304. The average Bonchev–Trinajstić information content (AvgIpc) is 2.82. The Hall–Kier alpha value is -1.94. The molecule has 108 valence electrons. The molecular weight excluding hydrogens is 289 g/mol. The van der Waals surface area contributed by atoms with E-state index < -0.39 is 0 Å². The molecular formula is C16H15ClFN3. The summed E-state index contributed by atoms with van der Waals surface area (Å²) < 4.78 is 15.5. The van der Waals surface area contributed by atoms with Crippen molar-refractivity contribution < 1.29 is 4.39 Å². The molecule has 3 rings (SSSR count). The monoisotopic (exact) mass is 303 g/mol. The van der Waals surface area contributed by atoms with Crippen molar-refractivity contribution in [3.8, 4) is 5.69 Å². The third-order valence-corrected chi connectivity index (χ3v) is 3.74. The van der Waals surface area contributed by atoms with Crippen LogP contribution in [0.15, 0.2) is 30.5 Å². The number of benzene rings is 1. The van der Waals surface area contributed by atoms with Crippen molar-refractivity contribution in [2.45, 2.75) is 26.1 Å².